The van der Waals surface area contributed by atoms with E-state index in [2.05, 4.69) is 360 Å². The number of hydrogen-bond donors (Lipinski definition) is 0. The number of pyridine rings is 1. The van der Waals surface area contributed by atoms with Gasteiger partial charge >= 0.3 is 0 Å². The molecule has 4 heteroatoms. The van der Waals surface area contributed by atoms with E-state index in [1.807, 2.05) is 0 Å². The number of benzene rings is 13. The van der Waals surface area contributed by atoms with Crippen molar-refractivity contribution >= 4 is 100 Å². The topological polar surface area (TPSA) is 19.4 Å². The van der Waals surface area contributed by atoms with E-state index in [1.165, 1.54) is 115 Å². The normalized spacial score (nSPS) is 13.2. The molecule has 14 aromatic rings. The van der Waals surface area contributed by atoms with Gasteiger partial charge in [-0.05, 0) is 246 Å². The molecule has 0 amide bonds. The molecule has 16 rings (SSSR count). The van der Waals surface area contributed by atoms with Crippen LogP contribution in [0, 0.1) is 0 Å². The van der Waals surface area contributed by atoms with Gasteiger partial charge in [-0.2, -0.15) is 0 Å². The van der Waals surface area contributed by atoms with Crippen molar-refractivity contribution in [2.24, 2.45) is 0 Å². The van der Waals surface area contributed by atoms with Crippen LogP contribution in [0.15, 0.2) is 267 Å². The maximum Gasteiger partial charge on any atom is 0.252 e. The molecule has 0 radical (unpaired) electrons. The third kappa shape index (κ3) is 10.8. The molecule has 0 spiro atoms. The number of anilines is 6. The first kappa shape index (κ1) is 59.7. The third-order valence-electron chi connectivity index (χ3n) is 20.3. The molecule has 3 heterocycles. The molecule has 95 heavy (non-hydrogen) atoms. The summed E-state index contributed by atoms with van der Waals surface area (Å²) in [5.41, 5.74) is 26.5. The molecule has 2 aliphatic heterocycles. The average Bonchev–Trinajstić information content (AvgIpc) is 0.690. The molecule has 13 aromatic carbocycles. The molecule has 0 atom stereocenters. The zero-order chi connectivity index (χ0) is 65.4. The van der Waals surface area contributed by atoms with E-state index >= 15 is 0 Å². The quantitative estimate of drug-likeness (QED) is 0.117. The Morgan fingerprint density at radius 2 is 0.547 bits per heavy atom. The first-order valence-electron chi connectivity index (χ1n) is 33.9. The summed E-state index contributed by atoms with van der Waals surface area (Å²) in [7, 11) is 0. The highest BCUT2D eigenvalue weighted by Crippen LogP contribution is 2.49. The van der Waals surface area contributed by atoms with Crippen LogP contribution >= 0.6 is 0 Å². The van der Waals surface area contributed by atoms with Crippen molar-refractivity contribution in [2.75, 3.05) is 9.80 Å². The predicted molar refractivity (Wildman–Crippen MR) is 410 cm³/mol. The van der Waals surface area contributed by atoms with Crippen molar-refractivity contribution < 1.29 is 0 Å². The van der Waals surface area contributed by atoms with E-state index in [1.54, 1.807) is 0 Å². The summed E-state index contributed by atoms with van der Waals surface area (Å²) in [6, 6.07) is 102. The molecular formula is C91H80BN3. The molecule has 0 N–H and O–H groups in total. The van der Waals surface area contributed by atoms with Gasteiger partial charge in [-0.25, -0.2) is 4.98 Å². The molecule has 0 saturated heterocycles. The Labute approximate surface area is 561 Å². The Kier molecular flexibility index (Phi) is 13.9. The summed E-state index contributed by atoms with van der Waals surface area (Å²) in [5, 5.41) is 9.78. The van der Waals surface area contributed by atoms with Gasteiger partial charge in [-0.15, -0.1) is 0 Å². The monoisotopic (exact) mass is 1230 g/mol. The van der Waals surface area contributed by atoms with Crippen molar-refractivity contribution in [2.45, 2.75) is 105 Å². The SMILES string of the molecule is CC(C)(C)c1cc(-c2cc(-c3cc4c5c(c3)N(c3ccc(-c6ccccc6)cc3)c3cc6cc7ccccc7cc6cc3B5c3cc5cc6ccccc6cc5cc3N4c3ccc(-c4ccccc4)cc3)cc(-c3cc(C(C)(C)C)cc(C(C)(C)C)c3)n2)cc(C(C)(C)C)c1. The molecule has 0 fully saturated rings. The Morgan fingerprint density at radius 1 is 0.242 bits per heavy atom. The van der Waals surface area contributed by atoms with Gasteiger partial charge in [0.25, 0.3) is 6.71 Å². The largest absolute Gasteiger partial charge is 0.311 e. The van der Waals surface area contributed by atoms with Crippen LogP contribution in [0.4, 0.5) is 34.1 Å². The van der Waals surface area contributed by atoms with Crippen molar-refractivity contribution in [1.29, 1.82) is 0 Å². The van der Waals surface area contributed by atoms with Crippen LogP contribution in [0.3, 0.4) is 0 Å². The molecule has 0 aliphatic carbocycles. The lowest BCUT2D eigenvalue weighted by Crippen LogP contribution is -2.61. The van der Waals surface area contributed by atoms with E-state index in [4.69, 9.17) is 4.98 Å². The second kappa shape index (κ2) is 22.2. The van der Waals surface area contributed by atoms with Crippen molar-refractivity contribution in [3.05, 3.63) is 289 Å². The third-order valence-corrected chi connectivity index (χ3v) is 20.3. The highest BCUT2D eigenvalue weighted by atomic mass is 15.2. The number of hydrogen-bond acceptors (Lipinski definition) is 3. The molecule has 2 aliphatic rings. The van der Waals surface area contributed by atoms with E-state index in [9.17, 15) is 0 Å². The summed E-state index contributed by atoms with van der Waals surface area (Å²) < 4.78 is 0. The van der Waals surface area contributed by atoms with Crippen LogP contribution in [-0.2, 0) is 21.7 Å². The van der Waals surface area contributed by atoms with Gasteiger partial charge in [0.05, 0.1) is 11.4 Å². The van der Waals surface area contributed by atoms with Crippen LogP contribution in [0.5, 0.6) is 0 Å². The van der Waals surface area contributed by atoms with Crippen LogP contribution in [0.1, 0.15) is 105 Å². The Bertz CT molecular complexity index is 4990. The average molecular weight is 1230 g/mol. The minimum atomic E-state index is -0.152. The zero-order valence-corrected chi connectivity index (χ0v) is 56.8. The minimum Gasteiger partial charge on any atom is -0.311 e. The summed E-state index contributed by atoms with van der Waals surface area (Å²) in [6.45, 7) is 27.8. The highest BCUT2D eigenvalue weighted by molar-refractivity contribution is 7.00. The van der Waals surface area contributed by atoms with Crippen molar-refractivity contribution in [3.63, 3.8) is 0 Å². The fourth-order valence-electron chi connectivity index (χ4n) is 14.7. The fraction of sp³-hybridized carbons (Fsp3) is 0.176. The van der Waals surface area contributed by atoms with Crippen LogP contribution in [0.2, 0.25) is 0 Å². The van der Waals surface area contributed by atoms with Gasteiger partial charge in [0.1, 0.15) is 0 Å². The molecule has 0 bridgehead atoms. The van der Waals surface area contributed by atoms with E-state index in [0.717, 1.165) is 56.4 Å². The molecule has 1 aromatic heterocycles. The Hall–Kier alpha value is -10.3. The lowest BCUT2D eigenvalue weighted by molar-refractivity contribution is 0.568. The molecule has 0 saturated carbocycles. The predicted octanol–water partition coefficient (Wildman–Crippen LogP) is 23.3. The van der Waals surface area contributed by atoms with Gasteiger partial charge in [-0.1, -0.05) is 241 Å². The molecule has 3 nitrogen and oxygen atoms in total. The second-order valence-corrected chi connectivity index (χ2v) is 31.0. The van der Waals surface area contributed by atoms with Crippen molar-refractivity contribution in [1.82, 2.24) is 4.98 Å². The molecular weight excluding hydrogens is 1150 g/mol. The number of rotatable bonds is 7. The Balaban J connectivity index is 1.04. The fourth-order valence-corrected chi connectivity index (χ4v) is 14.7. The lowest BCUT2D eigenvalue weighted by atomic mass is 9.33. The van der Waals surface area contributed by atoms with Gasteiger partial charge in [0, 0.05) is 45.3 Å². The van der Waals surface area contributed by atoms with E-state index in [0.29, 0.717) is 0 Å². The summed E-state index contributed by atoms with van der Waals surface area (Å²) in [4.78, 5) is 11.1. The summed E-state index contributed by atoms with van der Waals surface area (Å²) in [6.07, 6.45) is 0. The summed E-state index contributed by atoms with van der Waals surface area (Å²) in [5.74, 6) is 0. The number of fused-ring (bicyclic) bond motifs is 8. The van der Waals surface area contributed by atoms with Crippen LogP contribution in [0.25, 0.3) is 99.0 Å². The number of aromatic nitrogens is 1. The van der Waals surface area contributed by atoms with Crippen molar-refractivity contribution in [3.8, 4) is 55.9 Å². The summed E-state index contributed by atoms with van der Waals surface area (Å²) >= 11 is 0. The first-order chi connectivity index (χ1) is 45.5. The molecule has 0 unspecified atom stereocenters. The molecule has 462 valence electrons. The smallest absolute Gasteiger partial charge is 0.252 e. The van der Waals surface area contributed by atoms with Crippen LogP contribution < -0.4 is 26.2 Å². The first-order valence-corrected chi connectivity index (χ1v) is 33.9. The number of nitrogens with zero attached hydrogens (tertiary/aromatic N) is 3. The van der Waals surface area contributed by atoms with Gasteiger partial charge in [-0.3, -0.25) is 0 Å². The van der Waals surface area contributed by atoms with Gasteiger partial charge < -0.3 is 9.80 Å². The standard InChI is InChI=1S/C91H80BN3/c1-88(2,3)73-43-71(44-74(55-73)89(4,5)6)81-49-69(50-82(93-81)72-45-75(90(7,8)9)56-76(46-72)91(10,11)12)70-53-85-87-86(54-70)95(78-37-33-60(34-38-78)58-25-17-14-18-26-58)84-52-68-42-64-30-22-20-28-62(64)40-66(68)48-80(84)92(87)79-47-65-39-61-27-19-21-29-63(61)41-67(65)51-83(79)94(85)77-35-31-59(32-36-77)57-23-15-13-16-24-57/h13-56H,1-12H3. The zero-order valence-electron chi connectivity index (χ0n) is 56.8. The maximum atomic E-state index is 5.88. The highest BCUT2D eigenvalue weighted by Gasteiger charge is 2.44. The Morgan fingerprint density at radius 3 is 0.884 bits per heavy atom. The van der Waals surface area contributed by atoms with Crippen LogP contribution in [-0.4, -0.2) is 11.7 Å². The van der Waals surface area contributed by atoms with E-state index in [-0.39, 0.29) is 28.4 Å². The van der Waals surface area contributed by atoms with Gasteiger partial charge in [0.15, 0.2) is 0 Å². The second-order valence-electron chi connectivity index (χ2n) is 31.0. The van der Waals surface area contributed by atoms with Gasteiger partial charge in [0.2, 0.25) is 0 Å². The minimum absolute atomic E-state index is 0.105. The van der Waals surface area contributed by atoms with E-state index < -0.39 is 0 Å². The lowest BCUT2D eigenvalue weighted by Gasteiger charge is -2.44. The maximum absolute atomic E-state index is 5.88.